The van der Waals surface area contributed by atoms with Crippen LogP contribution in [0, 0.1) is 18.6 Å². The lowest BCUT2D eigenvalue weighted by atomic mass is 10.1. The second-order valence-corrected chi connectivity index (χ2v) is 4.27. The van der Waals surface area contributed by atoms with Crippen LogP contribution in [0.3, 0.4) is 0 Å². The Bertz CT molecular complexity index is 594. The van der Waals surface area contributed by atoms with Crippen molar-refractivity contribution >= 4 is 5.91 Å². The maximum absolute atomic E-state index is 12.9. The highest BCUT2D eigenvalue weighted by Crippen LogP contribution is 2.10. The average Bonchev–Trinajstić information content (AvgIpc) is 2.37. The normalized spacial score (nSPS) is 10.3. The summed E-state index contributed by atoms with van der Waals surface area (Å²) in [5, 5.41) is 2.71. The molecule has 0 aliphatic rings. The van der Waals surface area contributed by atoms with Crippen LogP contribution in [-0.2, 0) is 6.54 Å². The van der Waals surface area contributed by atoms with Crippen molar-refractivity contribution in [1.29, 1.82) is 0 Å². The number of hydrogen-bond donors (Lipinski definition) is 1. The van der Waals surface area contributed by atoms with E-state index in [1.165, 1.54) is 30.3 Å². The average molecular weight is 261 g/mol. The van der Waals surface area contributed by atoms with E-state index in [4.69, 9.17) is 0 Å². The van der Waals surface area contributed by atoms with E-state index in [-0.39, 0.29) is 17.5 Å². The number of hydrogen-bond acceptors (Lipinski definition) is 1. The van der Waals surface area contributed by atoms with Crippen LogP contribution in [0.1, 0.15) is 21.5 Å². The molecule has 1 N–H and O–H groups in total. The molecule has 0 aliphatic heterocycles. The summed E-state index contributed by atoms with van der Waals surface area (Å²) >= 11 is 0. The van der Waals surface area contributed by atoms with Gasteiger partial charge < -0.3 is 5.32 Å². The number of carbonyl (C=O) groups excluding carboxylic acids is 1. The van der Waals surface area contributed by atoms with Gasteiger partial charge in [-0.15, -0.1) is 0 Å². The molecule has 19 heavy (non-hydrogen) atoms. The van der Waals surface area contributed by atoms with Gasteiger partial charge in [-0.05, 0) is 48.4 Å². The van der Waals surface area contributed by atoms with Crippen molar-refractivity contribution in [3.63, 3.8) is 0 Å². The van der Waals surface area contributed by atoms with Gasteiger partial charge in [0.15, 0.2) is 0 Å². The highest BCUT2D eigenvalue weighted by atomic mass is 19.1. The van der Waals surface area contributed by atoms with E-state index in [1.807, 2.05) is 0 Å². The van der Waals surface area contributed by atoms with Gasteiger partial charge in [0.25, 0.3) is 5.91 Å². The second kappa shape index (κ2) is 5.61. The van der Waals surface area contributed by atoms with Gasteiger partial charge >= 0.3 is 0 Å². The molecule has 0 aliphatic carbocycles. The number of benzene rings is 2. The zero-order chi connectivity index (χ0) is 13.8. The highest BCUT2D eigenvalue weighted by Gasteiger charge is 2.09. The summed E-state index contributed by atoms with van der Waals surface area (Å²) in [5.41, 5.74) is 1.81. The maximum Gasteiger partial charge on any atom is 0.251 e. The van der Waals surface area contributed by atoms with Crippen LogP contribution in [0.15, 0.2) is 42.5 Å². The van der Waals surface area contributed by atoms with Gasteiger partial charge in [-0.1, -0.05) is 12.1 Å². The van der Waals surface area contributed by atoms with Crippen molar-refractivity contribution in [2.24, 2.45) is 0 Å². The van der Waals surface area contributed by atoms with Crippen LogP contribution in [0.25, 0.3) is 0 Å². The Morgan fingerprint density at radius 3 is 2.32 bits per heavy atom. The molecule has 4 heteroatoms. The first-order chi connectivity index (χ1) is 9.06. The summed E-state index contributed by atoms with van der Waals surface area (Å²) in [6.07, 6.45) is 0. The van der Waals surface area contributed by atoms with Gasteiger partial charge in [0.05, 0.1) is 0 Å². The molecule has 0 heterocycles. The quantitative estimate of drug-likeness (QED) is 0.903. The van der Waals surface area contributed by atoms with E-state index in [9.17, 15) is 13.6 Å². The number of aryl methyl sites for hydroxylation is 1. The molecule has 0 unspecified atom stereocenters. The van der Waals surface area contributed by atoms with E-state index in [2.05, 4.69) is 5.32 Å². The first-order valence-electron chi connectivity index (χ1n) is 5.85. The van der Waals surface area contributed by atoms with E-state index < -0.39 is 0 Å². The van der Waals surface area contributed by atoms with Gasteiger partial charge in [-0.25, -0.2) is 8.78 Å². The van der Waals surface area contributed by atoms with Crippen LogP contribution in [0.4, 0.5) is 8.78 Å². The van der Waals surface area contributed by atoms with Crippen molar-refractivity contribution in [2.45, 2.75) is 13.5 Å². The predicted molar refractivity (Wildman–Crippen MR) is 68.7 cm³/mol. The van der Waals surface area contributed by atoms with Crippen LogP contribution in [0.5, 0.6) is 0 Å². The van der Waals surface area contributed by atoms with E-state index >= 15 is 0 Å². The maximum atomic E-state index is 12.9. The summed E-state index contributed by atoms with van der Waals surface area (Å²) in [6.45, 7) is 1.98. The fourth-order valence-electron chi connectivity index (χ4n) is 1.76. The van der Waals surface area contributed by atoms with Crippen molar-refractivity contribution in [1.82, 2.24) is 5.32 Å². The highest BCUT2D eigenvalue weighted by molar-refractivity contribution is 5.95. The Labute approximate surface area is 110 Å². The Balaban J connectivity index is 2.03. The zero-order valence-electron chi connectivity index (χ0n) is 10.4. The molecular formula is C15H13F2NO. The van der Waals surface area contributed by atoms with E-state index in [0.717, 1.165) is 5.56 Å². The van der Waals surface area contributed by atoms with Gasteiger partial charge in [-0.3, -0.25) is 4.79 Å². The lowest BCUT2D eigenvalue weighted by molar-refractivity contribution is 0.0950. The Kier molecular flexibility index (Phi) is 3.90. The van der Waals surface area contributed by atoms with Crippen molar-refractivity contribution < 1.29 is 13.6 Å². The fourth-order valence-corrected chi connectivity index (χ4v) is 1.76. The standard InChI is InChI=1S/C15H13F2NO/c1-10-8-13(17)6-7-14(10)15(19)18-9-11-2-4-12(16)5-3-11/h2-8H,9H2,1H3,(H,18,19). The third kappa shape index (κ3) is 3.37. The predicted octanol–water partition coefficient (Wildman–Crippen LogP) is 3.20. The SMILES string of the molecule is Cc1cc(F)ccc1C(=O)NCc1ccc(F)cc1. The largest absolute Gasteiger partial charge is 0.348 e. The minimum Gasteiger partial charge on any atom is -0.348 e. The molecule has 0 spiro atoms. The van der Waals surface area contributed by atoms with E-state index in [1.54, 1.807) is 19.1 Å². The monoisotopic (exact) mass is 261 g/mol. The number of halogens is 2. The fraction of sp³-hybridized carbons (Fsp3) is 0.133. The van der Waals surface area contributed by atoms with Gasteiger partial charge in [0, 0.05) is 12.1 Å². The molecule has 0 atom stereocenters. The lowest BCUT2D eigenvalue weighted by Gasteiger charge is -2.08. The first-order valence-corrected chi connectivity index (χ1v) is 5.85. The minimum absolute atomic E-state index is 0.276. The number of carbonyl (C=O) groups is 1. The molecule has 98 valence electrons. The molecular weight excluding hydrogens is 248 g/mol. The van der Waals surface area contributed by atoms with Crippen molar-refractivity contribution in [3.05, 3.63) is 70.8 Å². The number of amides is 1. The summed E-state index contributed by atoms with van der Waals surface area (Å²) in [5.74, 6) is -0.959. The molecule has 2 aromatic rings. The Morgan fingerprint density at radius 1 is 1.05 bits per heavy atom. The molecule has 2 aromatic carbocycles. The van der Waals surface area contributed by atoms with Crippen LogP contribution >= 0.6 is 0 Å². The van der Waals surface area contributed by atoms with Crippen molar-refractivity contribution in [3.8, 4) is 0 Å². The zero-order valence-corrected chi connectivity index (χ0v) is 10.4. The topological polar surface area (TPSA) is 29.1 Å². The first kappa shape index (κ1) is 13.2. The van der Waals surface area contributed by atoms with Crippen LogP contribution in [-0.4, -0.2) is 5.91 Å². The van der Waals surface area contributed by atoms with Gasteiger partial charge in [0.1, 0.15) is 11.6 Å². The second-order valence-electron chi connectivity index (χ2n) is 4.27. The summed E-state index contributed by atoms with van der Waals surface area (Å²) in [7, 11) is 0. The third-order valence-electron chi connectivity index (χ3n) is 2.80. The molecule has 0 fully saturated rings. The minimum atomic E-state index is -0.368. The van der Waals surface area contributed by atoms with Gasteiger partial charge in [-0.2, -0.15) is 0 Å². The van der Waals surface area contributed by atoms with Crippen LogP contribution < -0.4 is 5.32 Å². The van der Waals surface area contributed by atoms with Crippen LogP contribution in [0.2, 0.25) is 0 Å². The summed E-state index contributed by atoms with van der Waals surface area (Å²) in [4.78, 5) is 11.9. The molecule has 0 bridgehead atoms. The van der Waals surface area contributed by atoms with Gasteiger partial charge in [0.2, 0.25) is 0 Å². The molecule has 1 amide bonds. The molecule has 0 radical (unpaired) electrons. The molecule has 2 nitrogen and oxygen atoms in total. The van der Waals surface area contributed by atoms with E-state index in [0.29, 0.717) is 17.7 Å². The molecule has 0 aromatic heterocycles. The third-order valence-corrected chi connectivity index (χ3v) is 2.80. The lowest BCUT2D eigenvalue weighted by Crippen LogP contribution is -2.23. The number of nitrogens with one attached hydrogen (secondary N) is 1. The number of rotatable bonds is 3. The summed E-state index contributed by atoms with van der Waals surface area (Å²) < 4.78 is 25.7. The molecule has 0 saturated carbocycles. The summed E-state index contributed by atoms with van der Waals surface area (Å²) in [6, 6.07) is 9.90. The smallest absolute Gasteiger partial charge is 0.251 e. The van der Waals surface area contributed by atoms with Crippen molar-refractivity contribution in [2.75, 3.05) is 0 Å². The molecule has 2 rings (SSSR count). The molecule has 0 saturated heterocycles. The Morgan fingerprint density at radius 2 is 1.68 bits per heavy atom. The Hall–Kier alpha value is -2.23.